The smallest absolute Gasteiger partial charge is 0.0785 e. The second-order valence-electron chi connectivity index (χ2n) is 11.9. The molecule has 2 heteroatoms. The Hall–Kier alpha value is -5.86. The van der Waals surface area contributed by atoms with Crippen molar-refractivity contribution in [2.45, 2.75) is 13.8 Å². The first-order chi connectivity index (χ1) is 22.7. The van der Waals surface area contributed by atoms with Gasteiger partial charge in [-0.1, -0.05) is 127 Å². The molecular formula is C44H34N2. The summed E-state index contributed by atoms with van der Waals surface area (Å²) >= 11 is 0. The van der Waals surface area contributed by atoms with Gasteiger partial charge in [-0.3, -0.25) is 0 Å². The second-order valence-corrected chi connectivity index (χ2v) is 11.9. The summed E-state index contributed by atoms with van der Waals surface area (Å²) in [4.78, 5) is 2.45. The van der Waals surface area contributed by atoms with Crippen LogP contribution in [0.25, 0.3) is 49.7 Å². The molecule has 8 aromatic rings. The van der Waals surface area contributed by atoms with E-state index in [2.05, 4.69) is 193 Å². The minimum absolute atomic E-state index is 1.13. The Morgan fingerprint density at radius 3 is 1.65 bits per heavy atom. The number of aromatic nitrogens is 1. The standard InChI is InChI=1S/C44H34N2/c1-31-16-12-14-24-41(31)45(37-21-10-5-11-22-37)43-32(2)26-27-40-39-23-13-15-25-42(39)46(44(40)43)38-29-35(33-17-6-3-7-18-33)28-36(30-38)34-19-8-4-9-20-34/h3-30H,1-2H3. The van der Waals surface area contributed by atoms with Crippen molar-refractivity contribution in [2.24, 2.45) is 0 Å². The van der Waals surface area contributed by atoms with E-state index in [1.807, 2.05) is 0 Å². The SMILES string of the molecule is Cc1ccccc1N(c1ccccc1)c1c(C)ccc2c3ccccc3n(-c3cc(-c4ccccc4)cc(-c4ccccc4)c3)c12. The summed E-state index contributed by atoms with van der Waals surface area (Å²) in [7, 11) is 0. The molecule has 0 atom stereocenters. The van der Waals surface area contributed by atoms with Crippen LogP contribution in [0.2, 0.25) is 0 Å². The summed E-state index contributed by atoms with van der Waals surface area (Å²) in [5.41, 5.74) is 14.2. The maximum atomic E-state index is 2.49. The van der Waals surface area contributed by atoms with Gasteiger partial charge in [0.05, 0.1) is 16.7 Å². The van der Waals surface area contributed by atoms with E-state index in [1.54, 1.807) is 0 Å². The molecule has 2 nitrogen and oxygen atoms in total. The molecule has 0 radical (unpaired) electrons. The van der Waals surface area contributed by atoms with Gasteiger partial charge in [0.25, 0.3) is 0 Å². The van der Waals surface area contributed by atoms with Crippen LogP contribution in [0, 0.1) is 13.8 Å². The van der Waals surface area contributed by atoms with Crippen LogP contribution in [0.15, 0.2) is 170 Å². The maximum Gasteiger partial charge on any atom is 0.0785 e. The van der Waals surface area contributed by atoms with Crippen LogP contribution >= 0.6 is 0 Å². The largest absolute Gasteiger partial charge is 0.308 e. The number of hydrogen-bond acceptors (Lipinski definition) is 1. The van der Waals surface area contributed by atoms with Gasteiger partial charge in [0.2, 0.25) is 0 Å². The zero-order chi connectivity index (χ0) is 31.0. The summed E-state index contributed by atoms with van der Waals surface area (Å²) in [5.74, 6) is 0. The Morgan fingerprint density at radius 1 is 0.435 bits per heavy atom. The first kappa shape index (κ1) is 27.7. The molecule has 0 aliphatic carbocycles. The molecule has 0 aliphatic heterocycles. The molecule has 0 saturated heterocycles. The van der Waals surface area contributed by atoms with E-state index in [0.717, 1.165) is 11.4 Å². The first-order valence-electron chi connectivity index (χ1n) is 15.9. The van der Waals surface area contributed by atoms with Gasteiger partial charge in [-0.05, 0) is 89.7 Å². The lowest BCUT2D eigenvalue weighted by molar-refractivity contribution is 1.16. The highest BCUT2D eigenvalue weighted by Crippen LogP contribution is 2.46. The molecule has 1 aromatic heterocycles. The van der Waals surface area contributed by atoms with Crippen LogP contribution in [0.1, 0.15) is 11.1 Å². The van der Waals surface area contributed by atoms with Crippen molar-refractivity contribution in [3.8, 4) is 27.9 Å². The Labute approximate surface area is 270 Å². The molecule has 46 heavy (non-hydrogen) atoms. The van der Waals surface area contributed by atoms with Crippen molar-refractivity contribution >= 4 is 38.9 Å². The molecule has 0 fully saturated rings. The lowest BCUT2D eigenvalue weighted by Crippen LogP contribution is -2.14. The minimum atomic E-state index is 1.13. The van der Waals surface area contributed by atoms with Crippen molar-refractivity contribution in [3.05, 3.63) is 181 Å². The number of benzene rings is 7. The summed E-state index contributed by atoms with van der Waals surface area (Å²) < 4.78 is 2.49. The fourth-order valence-corrected chi connectivity index (χ4v) is 6.81. The number of para-hydroxylation sites is 3. The Kier molecular flexibility index (Phi) is 6.96. The fourth-order valence-electron chi connectivity index (χ4n) is 6.81. The van der Waals surface area contributed by atoms with E-state index < -0.39 is 0 Å². The van der Waals surface area contributed by atoms with Crippen LogP contribution in [-0.4, -0.2) is 4.57 Å². The Morgan fingerprint density at radius 2 is 1.00 bits per heavy atom. The number of hydrogen-bond donors (Lipinski definition) is 0. The number of rotatable bonds is 6. The normalized spacial score (nSPS) is 11.3. The van der Waals surface area contributed by atoms with E-state index in [0.29, 0.717) is 0 Å². The number of nitrogens with zero attached hydrogens (tertiary/aromatic N) is 2. The van der Waals surface area contributed by atoms with E-state index in [1.165, 1.54) is 66.6 Å². The highest BCUT2D eigenvalue weighted by Gasteiger charge is 2.24. The van der Waals surface area contributed by atoms with Gasteiger partial charge in [-0.25, -0.2) is 0 Å². The Bertz CT molecular complexity index is 2260. The van der Waals surface area contributed by atoms with Crippen molar-refractivity contribution in [2.75, 3.05) is 4.90 Å². The third kappa shape index (κ3) is 4.76. The van der Waals surface area contributed by atoms with Crippen LogP contribution in [0.3, 0.4) is 0 Å². The molecule has 0 aliphatic rings. The fraction of sp³-hybridized carbons (Fsp3) is 0.0455. The predicted molar refractivity (Wildman–Crippen MR) is 196 cm³/mol. The molecule has 220 valence electrons. The van der Waals surface area contributed by atoms with E-state index in [-0.39, 0.29) is 0 Å². The molecule has 7 aromatic carbocycles. The summed E-state index contributed by atoms with van der Waals surface area (Å²) in [5, 5.41) is 2.47. The lowest BCUT2D eigenvalue weighted by Gasteiger charge is -2.30. The van der Waals surface area contributed by atoms with Crippen molar-refractivity contribution in [1.29, 1.82) is 0 Å². The molecule has 1 heterocycles. The van der Waals surface area contributed by atoms with Crippen molar-refractivity contribution in [3.63, 3.8) is 0 Å². The molecule has 0 N–H and O–H groups in total. The third-order valence-electron chi connectivity index (χ3n) is 9.00. The zero-order valence-corrected chi connectivity index (χ0v) is 26.1. The van der Waals surface area contributed by atoms with Crippen LogP contribution in [0.4, 0.5) is 17.1 Å². The van der Waals surface area contributed by atoms with Crippen molar-refractivity contribution < 1.29 is 0 Å². The van der Waals surface area contributed by atoms with Crippen LogP contribution < -0.4 is 4.90 Å². The summed E-state index contributed by atoms with van der Waals surface area (Å²) in [6, 6.07) is 61.3. The quantitative estimate of drug-likeness (QED) is 0.187. The highest BCUT2D eigenvalue weighted by atomic mass is 15.2. The number of anilines is 3. The number of aryl methyl sites for hydroxylation is 2. The highest BCUT2D eigenvalue weighted by molar-refractivity contribution is 6.15. The van der Waals surface area contributed by atoms with Gasteiger partial charge < -0.3 is 9.47 Å². The summed E-state index contributed by atoms with van der Waals surface area (Å²) in [6.07, 6.45) is 0. The number of fused-ring (bicyclic) bond motifs is 3. The predicted octanol–water partition coefficient (Wildman–Crippen LogP) is 12.2. The van der Waals surface area contributed by atoms with E-state index in [4.69, 9.17) is 0 Å². The summed E-state index contributed by atoms with van der Waals surface area (Å²) in [6.45, 7) is 4.44. The van der Waals surface area contributed by atoms with Crippen LogP contribution in [-0.2, 0) is 0 Å². The maximum absolute atomic E-state index is 2.49. The topological polar surface area (TPSA) is 8.17 Å². The average Bonchev–Trinajstić information content (AvgIpc) is 3.45. The lowest BCUT2D eigenvalue weighted by atomic mass is 9.98. The molecule has 8 rings (SSSR count). The molecule has 0 amide bonds. The molecule has 0 saturated carbocycles. The molecule has 0 bridgehead atoms. The van der Waals surface area contributed by atoms with Gasteiger partial charge in [0.15, 0.2) is 0 Å². The molecule has 0 spiro atoms. The average molecular weight is 591 g/mol. The van der Waals surface area contributed by atoms with Gasteiger partial charge in [-0.15, -0.1) is 0 Å². The van der Waals surface area contributed by atoms with E-state index >= 15 is 0 Å². The second kappa shape index (κ2) is 11.6. The van der Waals surface area contributed by atoms with Crippen LogP contribution in [0.5, 0.6) is 0 Å². The van der Waals surface area contributed by atoms with Gasteiger partial charge in [-0.2, -0.15) is 0 Å². The third-order valence-corrected chi connectivity index (χ3v) is 9.00. The van der Waals surface area contributed by atoms with Gasteiger partial charge >= 0.3 is 0 Å². The monoisotopic (exact) mass is 590 g/mol. The first-order valence-corrected chi connectivity index (χ1v) is 15.9. The minimum Gasteiger partial charge on any atom is -0.308 e. The Balaban J connectivity index is 1.51. The van der Waals surface area contributed by atoms with Gasteiger partial charge in [0, 0.05) is 27.8 Å². The zero-order valence-electron chi connectivity index (χ0n) is 26.1. The molecule has 0 unspecified atom stereocenters. The van der Waals surface area contributed by atoms with E-state index in [9.17, 15) is 0 Å². The molecular weight excluding hydrogens is 556 g/mol. The van der Waals surface area contributed by atoms with Crippen molar-refractivity contribution in [1.82, 2.24) is 4.57 Å². The van der Waals surface area contributed by atoms with Gasteiger partial charge in [0.1, 0.15) is 0 Å².